The highest BCUT2D eigenvalue weighted by atomic mass is 35.5. The topological polar surface area (TPSA) is 59.1 Å². The molecule has 2 N–H and O–H groups in total. The highest BCUT2D eigenvalue weighted by Gasteiger charge is 2.04. The van der Waals surface area contributed by atoms with Crippen LogP contribution in [0.3, 0.4) is 0 Å². The number of hydrogen-bond donors (Lipinski definition) is 2. The Morgan fingerprint density at radius 3 is 2.25 bits per heavy atom. The van der Waals surface area contributed by atoms with Gasteiger partial charge in [0.1, 0.15) is 23.7 Å². The number of hydrogen-bond acceptors (Lipinski definition) is 5. The largest absolute Gasteiger partial charge is 0.497 e. The quantitative estimate of drug-likeness (QED) is 0.648. The van der Waals surface area contributed by atoms with Crippen molar-refractivity contribution in [3.63, 3.8) is 0 Å². The van der Waals surface area contributed by atoms with E-state index >= 15 is 0 Å². The van der Waals surface area contributed by atoms with Gasteiger partial charge >= 0.3 is 0 Å². The molecule has 0 saturated heterocycles. The third kappa shape index (κ3) is 4.07. The molecule has 1 aromatic heterocycles. The van der Waals surface area contributed by atoms with Crippen molar-refractivity contribution in [3.8, 4) is 5.75 Å². The van der Waals surface area contributed by atoms with Crippen LogP contribution in [-0.2, 0) is 0 Å². The van der Waals surface area contributed by atoms with E-state index in [1.165, 1.54) is 6.33 Å². The number of rotatable bonds is 5. The Balaban J connectivity index is 1.75. The zero-order valence-corrected chi connectivity index (χ0v) is 14.3. The van der Waals surface area contributed by atoms with E-state index in [4.69, 9.17) is 27.9 Å². The molecule has 122 valence electrons. The van der Waals surface area contributed by atoms with E-state index < -0.39 is 0 Å². The standard InChI is InChI=1S/C17H14Cl2N4O/c1-24-13-5-3-12(4-6-13)22-16-9-17(21-10-20-16)23-15-7-2-11(18)8-14(15)19/h2-10H,1H3,(H2,20,21,22,23). The fraction of sp³-hybridized carbons (Fsp3) is 0.0588. The summed E-state index contributed by atoms with van der Waals surface area (Å²) in [7, 11) is 1.63. The Morgan fingerprint density at radius 1 is 0.875 bits per heavy atom. The van der Waals surface area contributed by atoms with Gasteiger partial charge in [-0.2, -0.15) is 0 Å². The summed E-state index contributed by atoms with van der Waals surface area (Å²) in [5.74, 6) is 2.07. The van der Waals surface area contributed by atoms with Gasteiger partial charge in [0, 0.05) is 16.8 Å². The molecule has 0 fully saturated rings. The first-order chi connectivity index (χ1) is 11.6. The maximum absolute atomic E-state index is 6.16. The molecule has 1 heterocycles. The fourth-order valence-corrected chi connectivity index (χ4v) is 2.50. The molecule has 5 nitrogen and oxygen atoms in total. The molecular formula is C17H14Cl2N4O. The molecule has 3 rings (SSSR count). The van der Waals surface area contributed by atoms with Crippen LogP contribution in [-0.4, -0.2) is 17.1 Å². The molecule has 0 radical (unpaired) electrons. The maximum atomic E-state index is 6.16. The maximum Gasteiger partial charge on any atom is 0.135 e. The third-order valence-electron chi connectivity index (χ3n) is 3.22. The van der Waals surface area contributed by atoms with Crippen molar-refractivity contribution in [1.82, 2.24) is 9.97 Å². The number of methoxy groups -OCH3 is 1. The van der Waals surface area contributed by atoms with Crippen molar-refractivity contribution in [1.29, 1.82) is 0 Å². The number of nitrogens with one attached hydrogen (secondary N) is 2. The van der Waals surface area contributed by atoms with E-state index in [-0.39, 0.29) is 0 Å². The lowest BCUT2D eigenvalue weighted by Crippen LogP contribution is -1.99. The molecule has 24 heavy (non-hydrogen) atoms. The summed E-state index contributed by atoms with van der Waals surface area (Å²) >= 11 is 12.1. The van der Waals surface area contributed by atoms with Crippen molar-refractivity contribution >= 4 is 46.2 Å². The van der Waals surface area contributed by atoms with Gasteiger partial charge in [-0.1, -0.05) is 23.2 Å². The van der Waals surface area contributed by atoms with Crippen LogP contribution in [0.1, 0.15) is 0 Å². The highest BCUT2D eigenvalue weighted by Crippen LogP contribution is 2.28. The lowest BCUT2D eigenvalue weighted by atomic mass is 10.3. The molecule has 2 aromatic carbocycles. The summed E-state index contributed by atoms with van der Waals surface area (Å²) in [5, 5.41) is 7.44. The molecule has 0 aliphatic rings. The molecule has 0 spiro atoms. The first-order valence-corrected chi connectivity index (χ1v) is 7.85. The van der Waals surface area contributed by atoms with Gasteiger partial charge in [-0.05, 0) is 42.5 Å². The van der Waals surface area contributed by atoms with Crippen LogP contribution in [0, 0.1) is 0 Å². The summed E-state index contributed by atoms with van der Waals surface area (Å²) in [6.07, 6.45) is 1.47. The molecule has 0 saturated carbocycles. The number of nitrogens with zero attached hydrogens (tertiary/aromatic N) is 2. The van der Waals surface area contributed by atoms with Crippen LogP contribution in [0.25, 0.3) is 0 Å². The van der Waals surface area contributed by atoms with E-state index in [0.717, 1.165) is 17.1 Å². The minimum atomic E-state index is 0.519. The first kappa shape index (κ1) is 16.4. The average Bonchev–Trinajstić information content (AvgIpc) is 2.58. The van der Waals surface area contributed by atoms with Gasteiger partial charge in [0.15, 0.2) is 0 Å². The van der Waals surface area contributed by atoms with Gasteiger partial charge in [-0.3, -0.25) is 0 Å². The molecule has 3 aromatic rings. The number of anilines is 4. The van der Waals surface area contributed by atoms with Crippen LogP contribution in [0.15, 0.2) is 54.9 Å². The number of aromatic nitrogens is 2. The summed E-state index contributed by atoms with van der Waals surface area (Å²) < 4.78 is 5.14. The predicted octanol–water partition coefficient (Wildman–Crippen LogP) is 5.28. The zero-order chi connectivity index (χ0) is 16.9. The second-order valence-corrected chi connectivity index (χ2v) is 5.73. The highest BCUT2D eigenvalue weighted by molar-refractivity contribution is 6.36. The predicted molar refractivity (Wildman–Crippen MR) is 98.1 cm³/mol. The molecule has 0 bridgehead atoms. The summed E-state index contributed by atoms with van der Waals surface area (Å²) in [4.78, 5) is 8.40. The van der Waals surface area contributed by atoms with Crippen LogP contribution >= 0.6 is 23.2 Å². The number of halogens is 2. The molecular weight excluding hydrogens is 347 g/mol. The van der Waals surface area contributed by atoms with Crippen LogP contribution in [0.4, 0.5) is 23.0 Å². The van der Waals surface area contributed by atoms with Crippen molar-refractivity contribution in [2.24, 2.45) is 0 Å². The Kier molecular flexibility index (Phi) is 5.03. The summed E-state index contributed by atoms with van der Waals surface area (Å²) in [6.45, 7) is 0. The Labute approximate surface area is 149 Å². The van der Waals surface area contributed by atoms with Gasteiger partial charge in [0.25, 0.3) is 0 Å². The SMILES string of the molecule is COc1ccc(Nc2cc(Nc3ccc(Cl)cc3Cl)ncn2)cc1. The molecule has 0 aliphatic carbocycles. The second kappa shape index (κ2) is 7.38. The number of benzene rings is 2. The molecule has 0 aliphatic heterocycles. The van der Waals surface area contributed by atoms with Gasteiger partial charge < -0.3 is 15.4 Å². The van der Waals surface area contributed by atoms with Crippen molar-refractivity contribution in [2.75, 3.05) is 17.7 Å². The summed E-state index contributed by atoms with van der Waals surface area (Å²) in [6, 6.07) is 14.6. The molecule has 0 atom stereocenters. The van der Waals surface area contributed by atoms with Gasteiger partial charge in [0.05, 0.1) is 17.8 Å². The Morgan fingerprint density at radius 2 is 1.58 bits per heavy atom. The monoisotopic (exact) mass is 360 g/mol. The fourth-order valence-electron chi connectivity index (χ4n) is 2.05. The Hall–Kier alpha value is -2.50. The zero-order valence-electron chi connectivity index (χ0n) is 12.8. The van der Waals surface area contributed by atoms with E-state index in [9.17, 15) is 0 Å². The van der Waals surface area contributed by atoms with Crippen molar-refractivity contribution < 1.29 is 4.74 Å². The average molecular weight is 361 g/mol. The minimum Gasteiger partial charge on any atom is -0.497 e. The summed E-state index contributed by atoms with van der Waals surface area (Å²) in [5.41, 5.74) is 1.61. The van der Waals surface area contributed by atoms with Crippen molar-refractivity contribution in [2.45, 2.75) is 0 Å². The smallest absolute Gasteiger partial charge is 0.135 e. The normalized spacial score (nSPS) is 10.3. The van der Waals surface area contributed by atoms with Crippen molar-refractivity contribution in [3.05, 3.63) is 64.9 Å². The minimum absolute atomic E-state index is 0.519. The third-order valence-corrected chi connectivity index (χ3v) is 3.77. The second-order valence-electron chi connectivity index (χ2n) is 4.89. The molecule has 0 unspecified atom stereocenters. The van der Waals surface area contributed by atoms with E-state index in [1.54, 1.807) is 31.4 Å². The van der Waals surface area contributed by atoms with Gasteiger partial charge in [0.2, 0.25) is 0 Å². The van der Waals surface area contributed by atoms with E-state index in [1.807, 2.05) is 24.3 Å². The lowest BCUT2D eigenvalue weighted by Gasteiger charge is -2.10. The van der Waals surface area contributed by atoms with Crippen LogP contribution < -0.4 is 15.4 Å². The first-order valence-electron chi connectivity index (χ1n) is 7.09. The lowest BCUT2D eigenvalue weighted by molar-refractivity contribution is 0.415. The molecule has 7 heteroatoms. The molecule has 0 amide bonds. The van der Waals surface area contributed by atoms with Gasteiger partial charge in [-0.25, -0.2) is 9.97 Å². The van der Waals surface area contributed by atoms with Gasteiger partial charge in [-0.15, -0.1) is 0 Å². The van der Waals surface area contributed by atoms with E-state index in [2.05, 4.69) is 20.6 Å². The van der Waals surface area contributed by atoms with E-state index in [0.29, 0.717) is 21.7 Å². The number of ether oxygens (including phenoxy) is 1. The Bertz CT molecular complexity index is 840. The van der Waals surface area contributed by atoms with Crippen LogP contribution in [0.2, 0.25) is 10.0 Å². The van der Waals surface area contributed by atoms with Crippen LogP contribution in [0.5, 0.6) is 5.75 Å².